The number of hydrogen-bond donors (Lipinski definition) is 1. The Hall–Kier alpha value is -2.64. The summed E-state index contributed by atoms with van der Waals surface area (Å²) in [5.41, 5.74) is 2.41. The molecular formula is C26H33N5OS. The highest BCUT2D eigenvalue weighted by Crippen LogP contribution is 2.31. The lowest BCUT2D eigenvalue weighted by molar-refractivity contribution is 0.130. The summed E-state index contributed by atoms with van der Waals surface area (Å²) < 4.78 is 1.21. The van der Waals surface area contributed by atoms with Crippen LogP contribution in [-0.2, 0) is 6.54 Å². The van der Waals surface area contributed by atoms with Gasteiger partial charge in [0, 0.05) is 50.8 Å². The van der Waals surface area contributed by atoms with Crippen molar-refractivity contribution in [3.63, 3.8) is 0 Å². The first-order valence-electron chi connectivity index (χ1n) is 12.0. The largest absolute Gasteiger partial charge is 0.344 e. The second-order valence-corrected chi connectivity index (χ2v) is 10.5. The Bertz CT molecular complexity index is 1030. The van der Waals surface area contributed by atoms with Crippen LogP contribution in [0.3, 0.4) is 0 Å². The minimum atomic E-state index is 0.0838. The van der Waals surface area contributed by atoms with Gasteiger partial charge in [0.25, 0.3) is 0 Å². The van der Waals surface area contributed by atoms with E-state index >= 15 is 0 Å². The topological polar surface area (TPSA) is 51.7 Å². The van der Waals surface area contributed by atoms with Gasteiger partial charge in [-0.25, -0.2) is 9.78 Å². The van der Waals surface area contributed by atoms with Crippen molar-refractivity contribution in [1.82, 2.24) is 20.1 Å². The number of thiazole rings is 1. The number of fused-ring (bicyclic) bond motifs is 1. The van der Waals surface area contributed by atoms with E-state index in [9.17, 15) is 4.79 Å². The van der Waals surface area contributed by atoms with Crippen LogP contribution >= 0.6 is 11.3 Å². The fourth-order valence-corrected chi connectivity index (χ4v) is 6.18. The summed E-state index contributed by atoms with van der Waals surface area (Å²) in [7, 11) is 0. The number of amides is 2. The van der Waals surface area contributed by atoms with Crippen molar-refractivity contribution in [2.45, 2.75) is 51.4 Å². The molecule has 5 rings (SSSR count). The molecule has 33 heavy (non-hydrogen) atoms. The third-order valence-corrected chi connectivity index (χ3v) is 7.97. The maximum absolute atomic E-state index is 13.2. The Kier molecular flexibility index (Phi) is 6.51. The first kappa shape index (κ1) is 22.2. The Morgan fingerprint density at radius 3 is 2.36 bits per heavy atom. The smallest absolute Gasteiger partial charge is 0.318 e. The molecule has 0 saturated carbocycles. The zero-order chi connectivity index (χ0) is 22.8. The number of aromatic nitrogens is 1. The van der Waals surface area contributed by atoms with Gasteiger partial charge in [-0.15, -0.1) is 0 Å². The van der Waals surface area contributed by atoms with E-state index in [1.54, 1.807) is 11.3 Å². The lowest BCUT2D eigenvalue weighted by atomic mass is 10.0. The van der Waals surface area contributed by atoms with Crippen molar-refractivity contribution in [2.24, 2.45) is 0 Å². The number of nitrogens with one attached hydrogen (secondary N) is 1. The number of hydrogen-bond acceptors (Lipinski definition) is 5. The third-order valence-electron chi connectivity index (χ3n) is 6.87. The van der Waals surface area contributed by atoms with E-state index in [0.29, 0.717) is 0 Å². The lowest BCUT2D eigenvalue weighted by Crippen LogP contribution is -2.62. The summed E-state index contributed by atoms with van der Waals surface area (Å²) in [6.07, 6.45) is 2.01. The quantitative estimate of drug-likeness (QED) is 0.616. The van der Waals surface area contributed by atoms with E-state index in [2.05, 4.69) is 77.5 Å². The number of likely N-dealkylation sites (tertiary alicyclic amines) is 1. The highest BCUT2D eigenvalue weighted by molar-refractivity contribution is 7.22. The fraction of sp³-hybridized carbons (Fsp3) is 0.462. The first-order chi connectivity index (χ1) is 16.1. The second-order valence-electron chi connectivity index (χ2n) is 9.46. The molecule has 0 bridgehead atoms. The minimum Gasteiger partial charge on any atom is -0.344 e. The average Bonchev–Trinajstić information content (AvgIpc) is 3.25. The highest BCUT2D eigenvalue weighted by Gasteiger charge is 2.35. The maximum atomic E-state index is 13.2. The monoisotopic (exact) mass is 463 g/mol. The molecule has 2 saturated heterocycles. The Morgan fingerprint density at radius 2 is 1.67 bits per heavy atom. The summed E-state index contributed by atoms with van der Waals surface area (Å²) in [5, 5.41) is 4.39. The fourth-order valence-electron chi connectivity index (χ4n) is 5.20. The average molecular weight is 464 g/mol. The lowest BCUT2D eigenvalue weighted by Gasteiger charge is -2.45. The SMILES string of the molecule is C[C@@H]1CN(c2nc3ccccc3s2)C[C@@H](C)N1C(=O)NC1CCN(Cc2ccccc2)CC1. The van der Waals surface area contributed by atoms with Gasteiger partial charge < -0.3 is 15.1 Å². The van der Waals surface area contributed by atoms with Gasteiger partial charge in [0.2, 0.25) is 0 Å². The molecule has 3 heterocycles. The van der Waals surface area contributed by atoms with Crippen molar-refractivity contribution in [3.05, 3.63) is 60.2 Å². The van der Waals surface area contributed by atoms with Gasteiger partial charge in [-0.05, 0) is 44.4 Å². The normalized spacial score (nSPS) is 22.6. The van der Waals surface area contributed by atoms with Gasteiger partial charge in [0.15, 0.2) is 5.13 Å². The van der Waals surface area contributed by atoms with E-state index in [-0.39, 0.29) is 24.2 Å². The molecule has 6 nitrogen and oxygen atoms in total. The van der Waals surface area contributed by atoms with Crippen molar-refractivity contribution in [3.8, 4) is 0 Å². The summed E-state index contributed by atoms with van der Waals surface area (Å²) >= 11 is 1.74. The summed E-state index contributed by atoms with van der Waals surface area (Å²) in [5.74, 6) is 0. The predicted octanol–water partition coefficient (Wildman–Crippen LogP) is 4.57. The van der Waals surface area contributed by atoms with Crippen molar-refractivity contribution in [1.29, 1.82) is 0 Å². The molecule has 2 aromatic carbocycles. The predicted molar refractivity (Wildman–Crippen MR) is 136 cm³/mol. The van der Waals surface area contributed by atoms with Crippen LogP contribution in [0.2, 0.25) is 0 Å². The molecule has 0 radical (unpaired) electrons. The number of nitrogens with zero attached hydrogens (tertiary/aromatic N) is 4. The van der Waals surface area contributed by atoms with Crippen LogP contribution in [0, 0.1) is 0 Å². The molecule has 0 aliphatic carbocycles. The maximum Gasteiger partial charge on any atom is 0.318 e. The van der Waals surface area contributed by atoms with Crippen molar-refractivity contribution < 1.29 is 4.79 Å². The molecule has 2 aliphatic heterocycles. The molecule has 7 heteroatoms. The van der Waals surface area contributed by atoms with E-state index in [1.165, 1.54) is 10.3 Å². The van der Waals surface area contributed by atoms with Gasteiger partial charge in [-0.2, -0.15) is 0 Å². The molecule has 2 aliphatic rings. The molecule has 1 aromatic heterocycles. The zero-order valence-electron chi connectivity index (χ0n) is 19.5. The molecule has 2 atom stereocenters. The first-order valence-corrected chi connectivity index (χ1v) is 12.8. The van der Waals surface area contributed by atoms with E-state index in [1.807, 2.05) is 11.0 Å². The Morgan fingerprint density at radius 1 is 1.00 bits per heavy atom. The molecule has 0 unspecified atom stereocenters. The van der Waals surface area contributed by atoms with E-state index in [0.717, 1.165) is 56.2 Å². The van der Waals surface area contributed by atoms with Gasteiger partial charge in [0.1, 0.15) is 0 Å². The number of rotatable bonds is 4. The Balaban J connectivity index is 1.14. The summed E-state index contributed by atoms with van der Waals surface area (Å²) in [6, 6.07) is 19.5. The van der Waals surface area contributed by atoms with Crippen LogP contribution in [0.1, 0.15) is 32.3 Å². The number of carbonyl (C=O) groups excluding carboxylic acids is 1. The van der Waals surface area contributed by atoms with E-state index < -0.39 is 0 Å². The zero-order valence-corrected chi connectivity index (χ0v) is 20.3. The number of piperidine rings is 1. The molecule has 3 aromatic rings. The number of piperazine rings is 1. The van der Waals surface area contributed by atoms with Gasteiger partial charge in [-0.3, -0.25) is 4.90 Å². The van der Waals surface area contributed by atoms with Crippen LogP contribution in [0.4, 0.5) is 9.93 Å². The molecular weight excluding hydrogens is 430 g/mol. The Labute approximate surface area is 200 Å². The van der Waals surface area contributed by atoms with Crippen molar-refractivity contribution in [2.75, 3.05) is 31.1 Å². The van der Waals surface area contributed by atoms with Gasteiger partial charge >= 0.3 is 6.03 Å². The highest BCUT2D eigenvalue weighted by atomic mass is 32.1. The van der Waals surface area contributed by atoms with Gasteiger partial charge in [-0.1, -0.05) is 53.8 Å². The molecule has 1 N–H and O–H groups in total. The molecule has 2 amide bonds. The molecule has 2 fully saturated rings. The standard InChI is InChI=1S/C26H33N5OS/c1-19-16-30(26-28-23-10-6-7-11-24(23)33-26)17-20(2)31(19)25(32)27-22-12-14-29(15-13-22)18-21-8-4-3-5-9-21/h3-11,19-20,22H,12-18H2,1-2H3,(H,27,32)/t19-,20-/m1/s1. The molecule has 0 spiro atoms. The summed E-state index contributed by atoms with van der Waals surface area (Å²) in [6.45, 7) is 8.96. The van der Waals surface area contributed by atoms with Gasteiger partial charge in [0.05, 0.1) is 10.2 Å². The van der Waals surface area contributed by atoms with Crippen LogP contribution in [0.5, 0.6) is 0 Å². The van der Waals surface area contributed by atoms with Crippen LogP contribution < -0.4 is 10.2 Å². The van der Waals surface area contributed by atoms with Crippen LogP contribution in [-0.4, -0.2) is 65.1 Å². The number of anilines is 1. The molecule has 174 valence electrons. The second kappa shape index (κ2) is 9.69. The number of para-hydroxylation sites is 1. The summed E-state index contributed by atoms with van der Waals surface area (Å²) in [4.78, 5) is 24.9. The van der Waals surface area contributed by atoms with Crippen LogP contribution in [0.15, 0.2) is 54.6 Å². The number of benzene rings is 2. The number of carbonyl (C=O) groups is 1. The van der Waals surface area contributed by atoms with Crippen molar-refractivity contribution >= 4 is 32.7 Å². The third kappa shape index (κ3) is 4.99. The van der Waals surface area contributed by atoms with Crippen LogP contribution in [0.25, 0.3) is 10.2 Å². The van der Waals surface area contributed by atoms with E-state index in [4.69, 9.17) is 4.98 Å². The number of urea groups is 1. The minimum absolute atomic E-state index is 0.0838.